The van der Waals surface area contributed by atoms with E-state index in [2.05, 4.69) is 36.8 Å². The molecule has 1 heterocycles. The van der Waals surface area contributed by atoms with E-state index >= 15 is 0 Å². The van der Waals surface area contributed by atoms with Crippen molar-refractivity contribution in [2.24, 2.45) is 10.1 Å². The van der Waals surface area contributed by atoms with Crippen molar-refractivity contribution in [3.63, 3.8) is 0 Å². The number of azide groups is 1. The molecule has 3 aromatic rings. The van der Waals surface area contributed by atoms with Crippen molar-refractivity contribution in [1.29, 1.82) is 0 Å². The minimum absolute atomic E-state index is 0.0506. The minimum Gasteiger partial charge on any atom is -0.494 e. The van der Waals surface area contributed by atoms with Gasteiger partial charge in [0.05, 0.1) is 13.2 Å². The third kappa shape index (κ3) is 8.34. The number of ether oxygens (including phenoxy) is 3. The van der Waals surface area contributed by atoms with Gasteiger partial charge in [-0.3, -0.25) is 10.2 Å². The van der Waals surface area contributed by atoms with Crippen molar-refractivity contribution in [3.05, 3.63) is 110 Å². The van der Waals surface area contributed by atoms with Gasteiger partial charge in [-0.15, -0.1) is 0 Å². The Bertz CT molecular complexity index is 1430. The summed E-state index contributed by atoms with van der Waals surface area (Å²) in [6, 6.07) is 22.4. The molecular formula is C31H35BrN6O5. The van der Waals surface area contributed by atoms with Crippen LogP contribution in [0.25, 0.3) is 10.4 Å². The Balaban J connectivity index is 1.78. The van der Waals surface area contributed by atoms with E-state index in [1.54, 1.807) is 19.2 Å². The van der Waals surface area contributed by atoms with Gasteiger partial charge in [0.25, 0.3) is 5.91 Å². The first-order valence-electron chi connectivity index (χ1n) is 14.0. The van der Waals surface area contributed by atoms with E-state index in [-0.39, 0.29) is 25.5 Å². The summed E-state index contributed by atoms with van der Waals surface area (Å²) in [6.07, 6.45) is 0.629. The van der Waals surface area contributed by atoms with Crippen LogP contribution in [0.1, 0.15) is 41.2 Å². The summed E-state index contributed by atoms with van der Waals surface area (Å²) < 4.78 is 18.3. The molecule has 1 aliphatic heterocycles. The van der Waals surface area contributed by atoms with Crippen LogP contribution in [0.2, 0.25) is 0 Å². The number of hydrogen-bond donors (Lipinski definition) is 3. The summed E-state index contributed by atoms with van der Waals surface area (Å²) in [7, 11) is 1.63. The molecule has 1 amide bonds. The number of amides is 1. The Hall–Kier alpha value is -3.93. The minimum atomic E-state index is -1.42. The van der Waals surface area contributed by atoms with E-state index in [1.807, 2.05) is 60.7 Å². The smallest absolute Gasteiger partial charge is 0.266 e. The molecule has 43 heavy (non-hydrogen) atoms. The van der Waals surface area contributed by atoms with Crippen molar-refractivity contribution in [2.75, 3.05) is 33.5 Å². The lowest BCUT2D eigenvalue weighted by atomic mass is 9.81. The van der Waals surface area contributed by atoms with Crippen LogP contribution < -0.4 is 15.6 Å². The van der Waals surface area contributed by atoms with Crippen LogP contribution in [-0.2, 0) is 27.2 Å². The molecule has 0 aromatic heterocycles. The average molecular weight is 652 g/mol. The van der Waals surface area contributed by atoms with E-state index in [0.29, 0.717) is 55.4 Å². The average Bonchev–Trinajstić information content (AvgIpc) is 3.41. The SMILES string of the molecule is COCCCNNC(=O)[C@@]1(Cc2ccc(Br)cc2)N=C(c2ccc(OCCCO)cc2)O[C@H]1c1ccccc1CN=[N+]=[N-]. The van der Waals surface area contributed by atoms with E-state index in [1.165, 1.54) is 0 Å². The second-order valence-electron chi connectivity index (χ2n) is 9.91. The molecule has 11 nitrogen and oxygen atoms in total. The lowest BCUT2D eigenvalue weighted by Gasteiger charge is -2.32. The lowest BCUT2D eigenvalue weighted by Crippen LogP contribution is -2.54. The number of hydrogen-bond acceptors (Lipinski definition) is 8. The third-order valence-electron chi connectivity index (χ3n) is 6.91. The summed E-state index contributed by atoms with van der Waals surface area (Å²) in [5.41, 5.74) is 16.5. The van der Waals surface area contributed by atoms with Gasteiger partial charge in [0.1, 0.15) is 5.75 Å². The molecule has 0 spiro atoms. The first-order chi connectivity index (χ1) is 21.0. The van der Waals surface area contributed by atoms with Crippen LogP contribution in [0.3, 0.4) is 0 Å². The molecule has 3 N–H and O–H groups in total. The number of carbonyl (C=O) groups is 1. The quantitative estimate of drug-likeness (QED) is 0.0639. The van der Waals surface area contributed by atoms with E-state index in [0.717, 1.165) is 15.6 Å². The van der Waals surface area contributed by atoms with Gasteiger partial charge in [-0.1, -0.05) is 57.4 Å². The predicted octanol–water partition coefficient (Wildman–Crippen LogP) is 5.18. The number of aliphatic imine (C=N–C) groups is 1. The zero-order valence-corrected chi connectivity index (χ0v) is 25.5. The fraction of sp³-hybridized carbons (Fsp3) is 0.355. The zero-order chi connectivity index (χ0) is 30.5. The zero-order valence-electron chi connectivity index (χ0n) is 23.9. The fourth-order valence-corrected chi connectivity index (χ4v) is 5.03. The summed E-state index contributed by atoms with van der Waals surface area (Å²) in [5, 5.41) is 12.8. The maximum atomic E-state index is 14.2. The molecule has 0 bridgehead atoms. The molecule has 4 rings (SSSR count). The fourth-order valence-electron chi connectivity index (χ4n) is 4.77. The molecule has 2 atom stereocenters. The number of benzene rings is 3. The summed E-state index contributed by atoms with van der Waals surface area (Å²) in [5.74, 6) is 0.582. The number of aliphatic hydroxyl groups is 1. The molecule has 0 unspecified atom stereocenters. The first kappa shape index (κ1) is 32.0. The normalized spacial score (nSPS) is 17.5. The predicted molar refractivity (Wildman–Crippen MR) is 167 cm³/mol. The number of methoxy groups -OCH3 is 1. The highest BCUT2D eigenvalue weighted by molar-refractivity contribution is 9.10. The molecule has 0 saturated heterocycles. The van der Waals surface area contributed by atoms with Gasteiger partial charge in [0, 0.05) is 54.7 Å². The standard InChI is InChI=1S/C31H35BrN6O5/c1-41-18-4-16-34-37-30(40)31(20-22-8-12-25(32)13-9-22)28(27-7-3-2-6-24(27)21-35-38-33)43-29(36-31)23-10-14-26(15-11-23)42-19-5-17-39/h2-3,6-15,28,34,39H,4-5,16-21H2,1H3,(H,37,40)/t28-,31-/m0/s1. The third-order valence-corrected chi connectivity index (χ3v) is 7.44. The van der Waals surface area contributed by atoms with Crippen molar-refractivity contribution in [2.45, 2.75) is 37.5 Å². The molecule has 0 radical (unpaired) electrons. The highest BCUT2D eigenvalue weighted by atomic mass is 79.9. The van der Waals surface area contributed by atoms with Crippen LogP contribution in [0.15, 0.2) is 87.4 Å². The Morgan fingerprint density at radius 1 is 1.12 bits per heavy atom. The summed E-state index contributed by atoms with van der Waals surface area (Å²) in [6.45, 7) is 1.59. The molecule has 226 valence electrons. The Kier molecular flexibility index (Phi) is 12.0. The van der Waals surface area contributed by atoms with Crippen LogP contribution >= 0.6 is 15.9 Å². The second-order valence-corrected chi connectivity index (χ2v) is 10.8. The number of rotatable bonds is 16. The number of carbonyl (C=O) groups excluding carboxylic acids is 1. The molecule has 3 aromatic carbocycles. The van der Waals surface area contributed by atoms with Gasteiger partial charge in [-0.05, 0) is 65.0 Å². The molecule has 1 aliphatic rings. The Morgan fingerprint density at radius 2 is 1.88 bits per heavy atom. The number of halogens is 1. The maximum absolute atomic E-state index is 14.2. The highest BCUT2D eigenvalue weighted by Gasteiger charge is 2.53. The first-order valence-corrected chi connectivity index (χ1v) is 14.8. The van der Waals surface area contributed by atoms with Gasteiger partial charge in [-0.25, -0.2) is 10.4 Å². The van der Waals surface area contributed by atoms with Gasteiger partial charge in [0.15, 0.2) is 11.6 Å². The number of nitrogens with zero attached hydrogens (tertiary/aromatic N) is 4. The van der Waals surface area contributed by atoms with Crippen LogP contribution in [0, 0.1) is 0 Å². The maximum Gasteiger partial charge on any atom is 0.266 e. The number of nitrogens with one attached hydrogen (secondary N) is 2. The monoisotopic (exact) mass is 650 g/mol. The van der Waals surface area contributed by atoms with Gasteiger partial charge in [-0.2, -0.15) is 0 Å². The van der Waals surface area contributed by atoms with E-state index in [4.69, 9.17) is 29.8 Å². The molecule has 0 saturated carbocycles. The molecule has 12 heteroatoms. The summed E-state index contributed by atoms with van der Waals surface area (Å²) in [4.78, 5) is 22.2. The largest absolute Gasteiger partial charge is 0.494 e. The topological polar surface area (TPSA) is 150 Å². The molecular weight excluding hydrogens is 616 g/mol. The number of aliphatic hydroxyl groups excluding tert-OH is 1. The van der Waals surface area contributed by atoms with Gasteiger partial charge in [0.2, 0.25) is 5.90 Å². The van der Waals surface area contributed by atoms with Crippen molar-refractivity contribution in [3.8, 4) is 5.75 Å². The van der Waals surface area contributed by atoms with Crippen LogP contribution in [0.4, 0.5) is 0 Å². The second kappa shape index (κ2) is 16.1. The molecule has 0 fully saturated rings. The highest BCUT2D eigenvalue weighted by Crippen LogP contribution is 2.43. The van der Waals surface area contributed by atoms with Crippen molar-refractivity contribution in [1.82, 2.24) is 10.9 Å². The van der Waals surface area contributed by atoms with Crippen LogP contribution in [0.5, 0.6) is 5.75 Å². The summed E-state index contributed by atoms with van der Waals surface area (Å²) >= 11 is 3.49. The van der Waals surface area contributed by atoms with E-state index < -0.39 is 11.6 Å². The lowest BCUT2D eigenvalue weighted by molar-refractivity contribution is -0.130. The number of hydrazine groups is 1. The molecule has 0 aliphatic carbocycles. The van der Waals surface area contributed by atoms with Crippen LogP contribution in [-0.4, -0.2) is 55.9 Å². The Labute approximate surface area is 259 Å². The van der Waals surface area contributed by atoms with Gasteiger partial charge >= 0.3 is 0 Å². The van der Waals surface area contributed by atoms with Gasteiger partial charge < -0.3 is 19.3 Å². The Morgan fingerprint density at radius 3 is 2.60 bits per heavy atom. The van der Waals surface area contributed by atoms with Crippen molar-refractivity contribution >= 4 is 27.7 Å². The van der Waals surface area contributed by atoms with Crippen molar-refractivity contribution < 1.29 is 24.1 Å². The van der Waals surface area contributed by atoms with E-state index in [9.17, 15) is 4.79 Å².